The van der Waals surface area contributed by atoms with Gasteiger partial charge in [-0.15, -0.1) is 0 Å². The summed E-state index contributed by atoms with van der Waals surface area (Å²) in [5.41, 5.74) is 2.03. The van der Waals surface area contributed by atoms with E-state index >= 15 is 0 Å². The second-order valence-electron chi connectivity index (χ2n) is 7.07. The number of nitrogens with one attached hydrogen (secondary N) is 3. The van der Waals surface area contributed by atoms with E-state index in [0.717, 1.165) is 36.8 Å². The van der Waals surface area contributed by atoms with Gasteiger partial charge in [0.15, 0.2) is 0 Å². The lowest BCUT2D eigenvalue weighted by molar-refractivity contribution is 0.519. The fourth-order valence-corrected chi connectivity index (χ4v) is 4.59. The van der Waals surface area contributed by atoms with Crippen molar-refractivity contribution in [1.29, 1.82) is 0 Å². The van der Waals surface area contributed by atoms with Crippen molar-refractivity contribution < 1.29 is 16.8 Å². The lowest BCUT2D eigenvalue weighted by atomic mass is 9.94. The summed E-state index contributed by atoms with van der Waals surface area (Å²) in [6.07, 6.45) is 3.96. The fourth-order valence-electron chi connectivity index (χ4n) is 3.14. The van der Waals surface area contributed by atoms with E-state index in [1.165, 1.54) is 0 Å². The van der Waals surface area contributed by atoms with Crippen LogP contribution in [0, 0.1) is 0 Å². The van der Waals surface area contributed by atoms with Crippen LogP contribution in [0.15, 0.2) is 24.3 Å². The largest absolute Gasteiger partial charge is 0.384 e. The molecule has 0 saturated heterocycles. The van der Waals surface area contributed by atoms with Crippen LogP contribution >= 0.6 is 0 Å². The zero-order valence-electron chi connectivity index (χ0n) is 15.5. The first-order valence-corrected chi connectivity index (χ1v) is 12.3. The Balaban J connectivity index is 1.94. The summed E-state index contributed by atoms with van der Waals surface area (Å²) >= 11 is 0. The minimum Gasteiger partial charge on any atom is -0.384 e. The zero-order valence-corrected chi connectivity index (χ0v) is 17.2. The average molecular weight is 404 g/mol. The van der Waals surface area contributed by atoms with Gasteiger partial charge in [0.1, 0.15) is 0 Å². The first-order valence-electron chi connectivity index (χ1n) is 8.88. The number of anilines is 1. The number of sulfonamides is 2. The Morgan fingerprint density at radius 3 is 2.27 bits per heavy atom. The summed E-state index contributed by atoms with van der Waals surface area (Å²) in [4.78, 5) is 0. The van der Waals surface area contributed by atoms with Gasteiger partial charge in [-0.25, -0.2) is 26.3 Å². The molecule has 0 heterocycles. The molecule has 3 N–H and O–H groups in total. The maximum Gasteiger partial charge on any atom is 0.214 e. The third-order valence-corrected chi connectivity index (χ3v) is 7.21. The molecule has 1 fully saturated rings. The monoisotopic (exact) mass is 403 g/mol. The minimum absolute atomic E-state index is 0.0554. The van der Waals surface area contributed by atoms with E-state index < -0.39 is 25.3 Å². The fraction of sp³-hybridized carbons (Fsp3) is 0.647. The van der Waals surface area contributed by atoms with E-state index in [0.29, 0.717) is 13.1 Å². The second-order valence-corrected chi connectivity index (χ2v) is 11.2. The van der Waals surface area contributed by atoms with Crippen LogP contribution in [0.1, 0.15) is 44.6 Å². The predicted molar refractivity (Wildman–Crippen MR) is 105 cm³/mol. The molecule has 1 aromatic carbocycles. The third kappa shape index (κ3) is 6.22. The first-order chi connectivity index (χ1) is 12.1. The van der Waals surface area contributed by atoms with Crippen LogP contribution in [0.2, 0.25) is 0 Å². The van der Waals surface area contributed by atoms with Gasteiger partial charge in [0.05, 0.1) is 11.5 Å². The molecule has 0 radical (unpaired) electrons. The SMILES string of the molecule is CC(C)S(=O)(=O)N[C@H]1CCC[C@H]1c1ccc(NCCNS(C)(=O)=O)cc1. The van der Waals surface area contributed by atoms with Crippen LogP contribution in [0.25, 0.3) is 0 Å². The Morgan fingerprint density at radius 1 is 1.04 bits per heavy atom. The smallest absolute Gasteiger partial charge is 0.214 e. The van der Waals surface area contributed by atoms with Crippen molar-refractivity contribution in [3.63, 3.8) is 0 Å². The Morgan fingerprint density at radius 2 is 1.69 bits per heavy atom. The quantitative estimate of drug-likeness (QED) is 0.544. The molecule has 0 amide bonds. The van der Waals surface area contributed by atoms with Crippen LogP contribution in [0.3, 0.4) is 0 Å². The van der Waals surface area contributed by atoms with Crippen molar-refractivity contribution in [3.05, 3.63) is 29.8 Å². The van der Waals surface area contributed by atoms with Crippen LogP contribution in [-0.4, -0.2) is 47.5 Å². The van der Waals surface area contributed by atoms with Crippen molar-refractivity contribution in [2.45, 2.75) is 50.3 Å². The van der Waals surface area contributed by atoms with Crippen molar-refractivity contribution in [2.24, 2.45) is 0 Å². The van der Waals surface area contributed by atoms with Crippen molar-refractivity contribution in [1.82, 2.24) is 9.44 Å². The summed E-state index contributed by atoms with van der Waals surface area (Å²) < 4.78 is 51.7. The summed E-state index contributed by atoms with van der Waals surface area (Å²) in [7, 11) is -6.45. The number of hydrogen-bond donors (Lipinski definition) is 3. The Bertz CT molecular complexity index is 790. The van der Waals surface area contributed by atoms with Gasteiger partial charge in [-0.2, -0.15) is 0 Å². The molecule has 1 aliphatic rings. The van der Waals surface area contributed by atoms with Gasteiger partial charge in [-0.3, -0.25) is 0 Å². The standard InChI is InChI=1S/C17H29N3O4S2/c1-13(2)26(23,24)20-17-6-4-5-16(17)14-7-9-15(10-8-14)18-11-12-19-25(3,21)22/h7-10,13,16-20H,4-6,11-12H2,1-3H3/t16-,17-/m0/s1. The van der Waals surface area contributed by atoms with Crippen molar-refractivity contribution >= 4 is 25.7 Å². The number of rotatable bonds is 9. The lowest BCUT2D eigenvalue weighted by Gasteiger charge is -2.23. The van der Waals surface area contributed by atoms with Gasteiger partial charge in [0.25, 0.3) is 0 Å². The summed E-state index contributed by atoms with van der Waals surface area (Å²) in [5, 5.41) is 2.73. The van der Waals surface area contributed by atoms with Crippen LogP contribution in [0.5, 0.6) is 0 Å². The van der Waals surface area contributed by atoms with E-state index in [9.17, 15) is 16.8 Å². The highest BCUT2D eigenvalue weighted by Crippen LogP contribution is 2.35. The number of benzene rings is 1. The normalized spacial score (nSPS) is 21.2. The van der Waals surface area contributed by atoms with Gasteiger partial charge in [0, 0.05) is 30.7 Å². The van der Waals surface area contributed by atoms with Gasteiger partial charge < -0.3 is 5.32 Å². The van der Waals surface area contributed by atoms with Crippen LogP contribution in [0.4, 0.5) is 5.69 Å². The molecule has 1 aliphatic carbocycles. The molecule has 2 rings (SSSR count). The average Bonchev–Trinajstić information content (AvgIpc) is 2.98. The first kappa shape index (κ1) is 21.1. The third-order valence-electron chi connectivity index (χ3n) is 4.61. The summed E-state index contributed by atoms with van der Waals surface area (Å²) in [6.45, 7) is 4.19. The lowest BCUT2D eigenvalue weighted by Crippen LogP contribution is -2.40. The van der Waals surface area contributed by atoms with E-state index in [1.54, 1.807) is 13.8 Å². The molecular weight excluding hydrogens is 374 g/mol. The summed E-state index contributed by atoms with van der Waals surface area (Å²) in [5.74, 6) is 0.185. The van der Waals surface area contributed by atoms with E-state index in [1.807, 2.05) is 24.3 Å². The molecule has 1 saturated carbocycles. The highest BCUT2D eigenvalue weighted by molar-refractivity contribution is 7.90. The Labute approximate surface area is 157 Å². The molecule has 1 aromatic rings. The molecule has 0 unspecified atom stereocenters. The second kappa shape index (κ2) is 8.69. The van der Waals surface area contributed by atoms with Gasteiger partial charge in [-0.1, -0.05) is 18.6 Å². The van der Waals surface area contributed by atoms with E-state index in [2.05, 4.69) is 14.8 Å². The molecule has 26 heavy (non-hydrogen) atoms. The van der Waals surface area contributed by atoms with E-state index in [-0.39, 0.29) is 12.0 Å². The highest BCUT2D eigenvalue weighted by atomic mass is 32.2. The molecule has 0 spiro atoms. The minimum atomic E-state index is -3.28. The van der Waals surface area contributed by atoms with Gasteiger partial charge in [-0.05, 0) is 44.4 Å². The molecule has 148 valence electrons. The van der Waals surface area contributed by atoms with Crippen molar-refractivity contribution in [2.75, 3.05) is 24.7 Å². The zero-order chi connectivity index (χ0) is 19.4. The summed E-state index contributed by atoms with van der Waals surface area (Å²) in [6, 6.07) is 7.86. The highest BCUT2D eigenvalue weighted by Gasteiger charge is 2.32. The Kier molecular flexibility index (Phi) is 7.06. The van der Waals surface area contributed by atoms with Crippen molar-refractivity contribution in [3.8, 4) is 0 Å². The predicted octanol–water partition coefficient (Wildman–Crippen LogP) is 1.61. The van der Waals surface area contributed by atoms with Crippen LogP contribution in [-0.2, 0) is 20.0 Å². The van der Waals surface area contributed by atoms with Crippen LogP contribution < -0.4 is 14.8 Å². The molecule has 7 nitrogen and oxygen atoms in total. The van der Waals surface area contributed by atoms with E-state index in [4.69, 9.17) is 0 Å². The maximum atomic E-state index is 12.2. The molecule has 0 aliphatic heterocycles. The molecule has 0 bridgehead atoms. The number of hydrogen-bond acceptors (Lipinski definition) is 5. The topological polar surface area (TPSA) is 104 Å². The maximum absolute atomic E-state index is 12.2. The molecule has 0 aromatic heterocycles. The molecule has 2 atom stereocenters. The molecule has 9 heteroatoms. The van der Waals surface area contributed by atoms with Gasteiger partial charge >= 0.3 is 0 Å². The Hall–Kier alpha value is -1.16. The molecular formula is C17H29N3O4S2. The van der Waals surface area contributed by atoms with Gasteiger partial charge in [0.2, 0.25) is 20.0 Å².